The van der Waals surface area contributed by atoms with Gasteiger partial charge in [-0.05, 0) is 48.2 Å². The van der Waals surface area contributed by atoms with E-state index in [-0.39, 0.29) is 16.8 Å². The first-order valence-corrected chi connectivity index (χ1v) is 7.19. The Labute approximate surface area is 117 Å². The molecule has 1 atom stereocenters. The fourth-order valence-electron chi connectivity index (χ4n) is 2.33. The Morgan fingerprint density at radius 1 is 1.67 bits per heavy atom. The normalized spacial score (nSPS) is 22.7. The van der Waals surface area contributed by atoms with E-state index < -0.39 is 0 Å². The third-order valence-corrected chi connectivity index (χ3v) is 4.31. The predicted octanol–water partition coefficient (Wildman–Crippen LogP) is 2.61. The lowest BCUT2D eigenvalue weighted by Gasteiger charge is -2.27. The van der Waals surface area contributed by atoms with Crippen molar-refractivity contribution >= 4 is 34.9 Å². The topological polar surface area (TPSA) is 55.1 Å². The van der Waals surface area contributed by atoms with Crippen molar-refractivity contribution in [3.05, 3.63) is 34.2 Å². The zero-order chi connectivity index (χ0) is 13.1. The van der Waals surface area contributed by atoms with Gasteiger partial charge >= 0.3 is 0 Å². The van der Waals surface area contributed by atoms with E-state index in [4.69, 9.17) is 18.0 Å². The Morgan fingerprint density at radius 3 is 3.17 bits per heavy atom. The third-order valence-electron chi connectivity index (χ3n) is 3.15. The Morgan fingerprint density at radius 2 is 2.44 bits per heavy atom. The summed E-state index contributed by atoms with van der Waals surface area (Å²) in [6.07, 6.45) is 5.30. The molecule has 2 rings (SSSR count). The number of rotatable bonds is 3. The summed E-state index contributed by atoms with van der Waals surface area (Å²) in [5, 5.41) is 5.09. The smallest absolute Gasteiger partial charge is 0.167 e. The number of nitrogens with one attached hydrogen (secondary N) is 1. The second kappa shape index (κ2) is 5.71. The third kappa shape index (κ3) is 3.03. The van der Waals surface area contributed by atoms with Crippen molar-refractivity contribution in [2.45, 2.75) is 25.7 Å². The van der Waals surface area contributed by atoms with E-state index in [9.17, 15) is 4.79 Å². The molecule has 1 heterocycles. The summed E-state index contributed by atoms with van der Waals surface area (Å²) in [6.45, 7) is 3.86. The summed E-state index contributed by atoms with van der Waals surface area (Å²) in [4.78, 5) is 13.6. The molecule has 0 aromatic rings. The number of hydrogen-bond acceptors (Lipinski definition) is 3. The van der Waals surface area contributed by atoms with Gasteiger partial charge in [0.25, 0.3) is 0 Å². The highest BCUT2D eigenvalue weighted by Gasteiger charge is 2.30. The molecule has 0 aromatic heterocycles. The lowest BCUT2D eigenvalue weighted by Crippen LogP contribution is -2.31. The molecular formula is C13H16N2OS2. The molecule has 2 aliphatic rings. The van der Waals surface area contributed by atoms with Crippen LogP contribution < -0.4 is 11.1 Å². The summed E-state index contributed by atoms with van der Waals surface area (Å²) in [5.41, 5.74) is 7.11. The van der Waals surface area contributed by atoms with Crippen LogP contribution in [0.2, 0.25) is 0 Å². The molecule has 0 bridgehead atoms. The Bertz CT molecular complexity index is 466. The van der Waals surface area contributed by atoms with Gasteiger partial charge in [0.2, 0.25) is 0 Å². The highest BCUT2D eigenvalue weighted by atomic mass is 32.2. The van der Waals surface area contributed by atoms with Gasteiger partial charge in [-0.2, -0.15) is 0 Å². The largest absolute Gasteiger partial charge is 0.376 e. The Kier molecular flexibility index (Phi) is 4.24. The molecule has 0 radical (unpaired) electrons. The minimum atomic E-state index is 0.0187. The average molecular weight is 280 g/mol. The maximum absolute atomic E-state index is 12.3. The molecule has 0 spiro atoms. The second-order valence-electron chi connectivity index (χ2n) is 4.49. The van der Waals surface area contributed by atoms with Gasteiger partial charge in [0.1, 0.15) is 0 Å². The number of Topliss-reactive ketones (excluding diaryl/α,β-unsaturated/α-hetero) is 1. The zero-order valence-electron chi connectivity index (χ0n) is 10.1. The van der Waals surface area contributed by atoms with Crippen LogP contribution in [0.15, 0.2) is 34.2 Å². The van der Waals surface area contributed by atoms with Crippen LogP contribution >= 0.6 is 24.0 Å². The summed E-state index contributed by atoms with van der Waals surface area (Å²) < 4.78 is 0. The van der Waals surface area contributed by atoms with Crippen molar-refractivity contribution in [2.75, 3.05) is 0 Å². The van der Waals surface area contributed by atoms with Crippen LogP contribution in [0.4, 0.5) is 0 Å². The number of carbonyl (C=O) groups is 1. The zero-order valence-corrected chi connectivity index (χ0v) is 11.7. The Hall–Kier alpha value is -1.07. The second-order valence-corrected chi connectivity index (χ2v) is 5.93. The van der Waals surface area contributed by atoms with Crippen LogP contribution in [0.1, 0.15) is 25.7 Å². The van der Waals surface area contributed by atoms with Crippen LogP contribution in [0.5, 0.6) is 0 Å². The molecule has 0 saturated heterocycles. The number of allylic oxidation sites excluding steroid dienone is 4. The van der Waals surface area contributed by atoms with E-state index in [1.54, 1.807) is 11.8 Å². The van der Waals surface area contributed by atoms with Gasteiger partial charge in [0.15, 0.2) is 10.9 Å². The number of hydrogen-bond donors (Lipinski definition) is 2. The van der Waals surface area contributed by atoms with Gasteiger partial charge in [-0.25, -0.2) is 0 Å². The molecule has 18 heavy (non-hydrogen) atoms. The predicted molar refractivity (Wildman–Crippen MR) is 79.8 cm³/mol. The Balaban J connectivity index is 2.01. The van der Waals surface area contributed by atoms with Crippen molar-refractivity contribution in [1.29, 1.82) is 0 Å². The quantitative estimate of drug-likeness (QED) is 0.778. The van der Waals surface area contributed by atoms with Gasteiger partial charge in [0.05, 0.1) is 0 Å². The minimum absolute atomic E-state index is 0.0187. The molecule has 0 fully saturated rings. The molecule has 5 heteroatoms. The first-order valence-electron chi connectivity index (χ1n) is 5.90. The lowest BCUT2D eigenvalue weighted by atomic mass is 9.83. The van der Waals surface area contributed by atoms with E-state index in [2.05, 4.69) is 17.3 Å². The lowest BCUT2D eigenvalue weighted by molar-refractivity contribution is -0.119. The molecule has 1 aliphatic carbocycles. The maximum atomic E-state index is 12.3. The van der Waals surface area contributed by atoms with Crippen molar-refractivity contribution in [2.24, 2.45) is 11.7 Å². The molecule has 96 valence electrons. The van der Waals surface area contributed by atoms with E-state index in [1.165, 1.54) is 4.91 Å². The van der Waals surface area contributed by atoms with Crippen molar-refractivity contribution in [3.8, 4) is 0 Å². The highest BCUT2D eigenvalue weighted by Crippen LogP contribution is 2.40. The van der Waals surface area contributed by atoms with E-state index in [0.29, 0.717) is 6.42 Å². The number of ketones is 1. The first-order chi connectivity index (χ1) is 8.58. The molecule has 1 aliphatic heterocycles. The average Bonchev–Trinajstić information content (AvgIpc) is 2.32. The van der Waals surface area contributed by atoms with Crippen LogP contribution in [0.25, 0.3) is 0 Å². The summed E-state index contributed by atoms with van der Waals surface area (Å²) >= 11 is 6.44. The molecule has 0 amide bonds. The van der Waals surface area contributed by atoms with E-state index in [0.717, 1.165) is 30.5 Å². The van der Waals surface area contributed by atoms with E-state index >= 15 is 0 Å². The molecule has 0 saturated carbocycles. The molecule has 1 unspecified atom stereocenters. The SMILES string of the molecule is C=C(CC1CCC2=C(CC=CS2)C1=O)NC(N)=S. The summed E-state index contributed by atoms with van der Waals surface area (Å²) in [5.74, 6) is 0.282. The summed E-state index contributed by atoms with van der Waals surface area (Å²) in [6, 6.07) is 0. The number of carbonyl (C=O) groups excluding carboxylic acids is 1. The van der Waals surface area contributed by atoms with Crippen LogP contribution in [-0.2, 0) is 4.79 Å². The standard InChI is InChI=1S/C13H16N2OS2/c1-8(15-13(14)17)7-9-4-5-11-10(12(9)16)3-2-6-18-11/h2,6,9H,1,3-5,7H2,(H3,14,15,17). The molecule has 3 nitrogen and oxygen atoms in total. The number of thioether (sulfide) groups is 1. The van der Waals surface area contributed by atoms with Gasteiger partial charge in [-0.15, -0.1) is 11.8 Å². The molecule has 0 aromatic carbocycles. The minimum Gasteiger partial charge on any atom is -0.376 e. The molecule has 3 N–H and O–H groups in total. The number of nitrogens with two attached hydrogens (primary N) is 1. The monoisotopic (exact) mass is 280 g/mol. The van der Waals surface area contributed by atoms with Crippen LogP contribution in [0, 0.1) is 5.92 Å². The summed E-state index contributed by atoms with van der Waals surface area (Å²) in [7, 11) is 0. The fraction of sp³-hybridized carbons (Fsp3) is 0.385. The molecular weight excluding hydrogens is 264 g/mol. The number of thiocarbonyl (C=S) groups is 1. The van der Waals surface area contributed by atoms with Crippen molar-refractivity contribution < 1.29 is 4.79 Å². The van der Waals surface area contributed by atoms with Gasteiger partial charge in [-0.3, -0.25) is 4.79 Å². The van der Waals surface area contributed by atoms with E-state index in [1.807, 2.05) is 6.08 Å². The van der Waals surface area contributed by atoms with Crippen molar-refractivity contribution in [1.82, 2.24) is 5.32 Å². The van der Waals surface area contributed by atoms with Crippen LogP contribution in [-0.4, -0.2) is 10.9 Å². The van der Waals surface area contributed by atoms with Crippen LogP contribution in [0.3, 0.4) is 0 Å². The van der Waals surface area contributed by atoms with Crippen molar-refractivity contribution in [3.63, 3.8) is 0 Å². The first kappa shape index (κ1) is 13.4. The van der Waals surface area contributed by atoms with Gasteiger partial charge in [-0.1, -0.05) is 12.7 Å². The van der Waals surface area contributed by atoms with Gasteiger partial charge < -0.3 is 11.1 Å². The van der Waals surface area contributed by atoms with Gasteiger partial charge in [0, 0.05) is 17.2 Å². The fourth-order valence-corrected chi connectivity index (χ4v) is 3.39. The highest BCUT2D eigenvalue weighted by molar-refractivity contribution is 8.05. The maximum Gasteiger partial charge on any atom is 0.167 e.